The zero-order chi connectivity index (χ0) is 14.1. The van der Waals surface area contributed by atoms with Crippen molar-refractivity contribution in [3.8, 4) is 0 Å². The highest BCUT2D eigenvalue weighted by Crippen LogP contribution is 2.20. The number of nitrogens with zero attached hydrogens (tertiary/aromatic N) is 2. The summed E-state index contributed by atoms with van der Waals surface area (Å²) in [5, 5.41) is 0. The van der Waals surface area contributed by atoms with Crippen LogP contribution in [0.5, 0.6) is 0 Å². The van der Waals surface area contributed by atoms with Gasteiger partial charge in [0.1, 0.15) is 11.3 Å². The smallest absolute Gasteiger partial charge is 0.252 e. The van der Waals surface area contributed by atoms with E-state index in [1.165, 1.54) is 12.1 Å². The van der Waals surface area contributed by atoms with Gasteiger partial charge in [-0.25, -0.2) is 4.39 Å². The average molecular weight is 269 g/mol. The molecule has 2 aromatic heterocycles. The van der Waals surface area contributed by atoms with E-state index >= 15 is 0 Å². The summed E-state index contributed by atoms with van der Waals surface area (Å²) < 4.78 is 14.8. The zero-order valence-corrected chi connectivity index (χ0v) is 10.6. The Morgan fingerprint density at radius 3 is 2.70 bits per heavy atom. The summed E-state index contributed by atoms with van der Waals surface area (Å²) >= 11 is 0. The number of hydrogen-bond acceptors (Lipinski definition) is 2. The summed E-state index contributed by atoms with van der Waals surface area (Å²) in [6.07, 6.45) is 3.31. The number of nitrogens with two attached hydrogens (primary N) is 1. The Balaban J connectivity index is 2.07. The second-order valence-corrected chi connectivity index (χ2v) is 4.53. The Hall–Kier alpha value is -2.69. The lowest BCUT2D eigenvalue weighted by Crippen LogP contribution is -2.10. The van der Waals surface area contributed by atoms with Gasteiger partial charge in [-0.1, -0.05) is 12.1 Å². The van der Waals surface area contributed by atoms with E-state index in [0.717, 1.165) is 11.1 Å². The van der Waals surface area contributed by atoms with Gasteiger partial charge in [-0.15, -0.1) is 0 Å². The number of halogens is 1. The molecule has 20 heavy (non-hydrogen) atoms. The van der Waals surface area contributed by atoms with E-state index in [1.54, 1.807) is 30.6 Å². The first-order chi connectivity index (χ1) is 9.65. The van der Waals surface area contributed by atoms with E-state index in [0.29, 0.717) is 17.6 Å². The van der Waals surface area contributed by atoms with Crippen LogP contribution in [0.4, 0.5) is 4.39 Å². The van der Waals surface area contributed by atoms with Crippen LogP contribution in [0.15, 0.2) is 48.8 Å². The van der Waals surface area contributed by atoms with Gasteiger partial charge in [-0.05, 0) is 29.8 Å². The number of carbonyl (C=O) groups is 1. The quantitative estimate of drug-likeness (QED) is 0.793. The van der Waals surface area contributed by atoms with Gasteiger partial charge in [-0.3, -0.25) is 9.78 Å². The predicted octanol–water partition coefficient (Wildman–Crippen LogP) is 2.32. The minimum atomic E-state index is -0.508. The molecule has 3 rings (SSSR count). The summed E-state index contributed by atoms with van der Waals surface area (Å²) in [7, 11) is 0. The van der Waals surface area contributed by atoms with E-state index in [4.69, 9.17) is 5.73 Å². The molecule has 100 valence electrons. The van der Waals surface area contributed by atoms with Crippen molar-refractivity contribution in [3.63, 3.8) is 0 Å². The summed E-state index contributed by atoms with van der Waals surface area (Å²) in [5.74, 6) is -0.780. The number of rotatable bonds is 3. The van der Waals surface area contributed by atoms with Gasteiger partial charge in [-0.2, -0.15) is 0 Å². The Morgan fingerprint density at radius 2 is 2.00 bits per heavy atom. The molecular formula is C15H12FN3O. The standard InChI is InChI=1S/C15H12FN3O/c16-11-5-3-10(4-6-11)8-19-9-12(15(17)20)14-13(19)2-1-7-18-14/h1-7,9H,8H2,(H2,17,20). The summed E-state index contributed by atoms with van der Waals surface area (Å²) in [4.78, 5) is 15.6. The van der Waals surface area contributed by atoms with Crippen molar-refractivity contribution in [1.82, 2.24) is 9.55 Å². The van der Waals surface area contributed by atoms with E-state index in [1.807, 2.05) is 10.6 Å². The maximum atomic E-state index is 12.9. The summed E-state index contributed by atoms with van der Waals surface area (Å²) in [5.41, 5.74) is 8.10. The van der Waals surface area contributed by atoms with Crippen LogP contribution in [0, 0.1) is 5.82 Å². The van der Waals surface area contributed by atoms with E-state index in [-0.39, 0.29) is 5.82 Å². The molecule has 4 nitrogen and oxygen atoms in total. The first-order valence-electron chi connectivity index (χ1n) is 6.13. The molecule has 1 amide bonds. The van der Waals surface area contributed by atoms with Crippen molar-refractivity contribution in [2.24, 2.45) is 5.73 Å². The molecule has 1 aromatic carbocycles. The Labute approximate surface area is 114 Å². The number of benzene rings is 1. The molecular weight excluding hydrogens is 257 g/mol. The number of pyridine rings is 1. The topological polar surface area (TPSA) is 60.9 Å². The van der Waals surface area contributed by atoms with Gasteiger partial charge in [0.15, 0.2) is 0 Å². The number of aromatic nitrogens is 2. The van der Waals surface area contributed by atoms with Gasteiger partial charge >= 0.3 is 0 Å². The highest BCUT2D eigenvalue weighted by Gasteiger charge is 2.13. The molecule has 0 aliphatic heterocycles. The number of fused-ring (bicyclic) bond motifs is 1. The zero-order valence-electron chi connectivity index (χ0n) is 10.6. The second kappa shape index (κ2) is 4.77. The van der Waals surface area contributed by atoms with E-state index in [9.17, 15) is 9.18 Å². The lowest BCUT2D eigenvalue weighted by atomic mass is 10.2. The SMILES string of the molecule is NC(=O)c1cn(Cc2ccc(F)cc2)c2cccnc12. The third-order valence-corrected chi connectivity index (χ3v) is 3.17. The lowest BCUT2D eigenvalue weighted by molar-refractivity contribution is 0.100. The van der Waals surface area contributed by atoms with Crippen molar-refractivity contribution < 1.29 is 9.18 Å². The lowest BCUT2D eigenvalue weighted by Gasteiger charge is -2.05. The van der Waals surface area contributed by atoms with E-state index in [2.05, 4.69) is 4.98 Å². The van der Waals surface area contributed by atoms with Crippen LogP contribution >= 0.6 is 0 Å². The van der Waals surface area contributed by atoms with Crippen molar-refractivity contribution in [1.29, 1.82) is 0 Å². The summed E-state index contributed by atoms with van der Waals surface area (Å²) in [6, 6.07) is 9.91. The van der Waals surface area contributed by atoms with Crippen LogP contribution in [-0.4, -0.2) is 15.5 Å². The average Bonchev–Trinajstić information content (AvgIpc) is 2.81. The number of primary amides is 1. The molecule has 3 aromatic rings. The van der Waals surface area contributed by atoms with Crippen molar-refractivity contribution >= 4 is 16.9 Å². The highest BCUT2D eigenvalue weighted by atomic mass is 19.1. The fourth-order valence-electron chi connectivity index (χ4n) is 2.22. The van der Waals surface area contributed by atoms with Crippen LogP contribution in [0.2, 0.25) is 0 Å². The van der Waals surface area contributed by atoms with Crippen molar-refractivity contribution in [2.75, 3.05) is 0 Å². The predicted molar refractivity (Wildman–Crippen MR) is 73.8 cm³/mol. The molecule has 0 unspecified atom stereocenters. The van der Waals surface area contributed by atoms with Crippen LogP contribution in [0.3, 0.4) is 0 Å². The second-order valence-electron chi connectivity index (χ2n) is 4.53. The molecule has 0 saturated heterocycles. The van der Waals surface area contributed by atoms with E-state index < -0.39 is 5.91 Å². The van der Waals surface area contributed by atoms with Crippen LogP contribution in [0.25, 0.3) is 11.0 Å². The molecule has 2 heterocycles. The molecule has 0 spiro atoms. The fourth-order valence-corrected chi connectivity index (χ4v) is 2.22. The van der Waals surface area contributed by atoms with Crippen LogP contribution in [-0.2, 0) is 6.54 Å². The third-order valence-electron chi connectivity index (χ3n) is 3.17. The maximum Gasteiger partial charge on any atom is 0.252 e. The van der Waals surface area contributed by atoms with Crippen LogP contribution < -0.4 is 5.73 Å². The largest absolute Gasteiger partial charge is 0.365 e. The molecule has 0 aliphatic rings. The molecule has 2 N–H and O–H groups in total. The Kier molecular flexibility index (Phi) is 2.95. The third kappa shape index (κ3) is 2.14. The minimum absolute atomic E-state index is 0.273. The molecule has 0 aliphatic carbocycles. The van der Waals surface area contributed by atoms with Gasteiger partial charge in [0.2, 0.25) is 0 Å². The number of amides is 1. The number of carbonyl (C=O) groups excluding carboxylic acids is 1. The van der Waals surface area contributed by atoms with Gasteiger partial charge in [0, 0.05) is 18.9 Å². The Morgan fingerprint density at radius 1 is 1.25 bits per heavy atom. The minimum Gasteiger partial charge on any atom is -0.365 e. The van der Waals surface area contributed by atoms with Gasteiger partial charge in [0.05, 0.1) is 11.1 Å². The molecule has 0 fully saturated rings. The van der Waals surface area contributed by atoms with Crippen molar-refractivity contribution in [2.45, 2.75) is 6.54 Å². The first kappa shape index (κ1) is 12.3. The fraction of sp³-hybridized carbons (Fsp3) is 0.0667. The van der Waals surface area contributed by atoms with Gasteiger partial charge in [0.25, 0.3) is 5.91 Å². The van der Waals surface area contributed by atoms with Gasteiger partial charge < -0.3 is 10.3 Å². The molecule has 0 atom stereocenters. The normalized spacial score (nSPS) is 10.8. The number of hydrogen-bond donors (Lipinski definition) is 1. The Bertz CT molecular complexity index is 777. The molecule has 5 heteroatoms. The molecule has 0 radical (unpaired) electrons. The molecule has 0 bridgehead atoms. The highest BCUT2D eigenvalue weighted by molar-refractivity contribution is 6.04. The van der Waals surface area contributed by atoms with Crippen LogP contribution in [0.1, 0.15) is 15.9 Å². The first-order valence-corrected chi connectivity index (χ1v) is 6.13. The summed E-state index contributed by atoms with van der Waals surface area (Å²) in [6.45, 7) is 0.524. The monoisotopic (exact) mass is 269 g/mol. The molecule has 0 saturated carbocycles. The maximum absolute atomic E-state index is 12.9. The van der Waals surface area contributed by atoms with Crippen molar-refractivity contribution in [3.05, 3.63) is 65.7 Å².